The molecule has 8 heteroatoms. The molecule has 1 atom stereocenters. The predicted octanol–water partition coefficient (Wildman–Crippen LogP) is 3.76. The van der Waals surface area contributed by atoms with Gasteiger partial charge in [0.1, 0.15) is 13.2 Å². The molecule has 1 fully saturated rings. The molecule has 0 spiro atoms. The third kappa shape index (κ3) is 4.77. The molecule has 2 N–H and O–H groups in total. The summed E-state index contributed by atoms with van der Waals surface area (Å²) in [6, 6.07) is 11.0. The molecule has 2 aliphatic rings. The van der Waals surface area contributed by atoms with E-state index >= 15 is 0 Å². The van der Waals surface area contributed by atoms with Crippen LogP contribution >= 0.6 is 0 Å². The van der Waals surface area contributed by atoms with Crippen LogP contribution in [-0.4, -0.2) is 47.4 Å². The topological polar surface area (TPSA) is 103 Å². The zero-order chi connectivity index (χ0) is 23.5. The Morgan fingerprint density at radius 3 is 2.71 bits per heavy atom. The molecule has 0 radical (unpaired) electrons. The number of carbonyl (C=O) groups excluding carboxylic acids is 1. The molecule has 0 unspecified atom stereocenters. The number of aliphatic hydroxyl groups excluding tert-OH is 1. The van der Waals surface area contributed by atoms with Crippen LogP contribution in [0.15, 0.2) is 42.6 Å². The van der Waals surface area contributed by atoms with Gasteiger partial charge in [-0.25, -0.2) is 4.98 Å². The number of hydrogen-bond donors (Lipinski definition) is 2. The molecule has 1 amide bonds. The Balaban J connectivity index is 1.17. The summed E-state index contributed by atoms with van der Waals surface area (Å²) in [5.41, 5.74) is 3.21. The highest BCUT2D eigenvalue weighted by Gasteiger charge is 2.30. The Labute approximate surface area is 198 Å². The average molecular weight is 464 g/mol. The van der Waals surface area contributed by atoms with Gasteiger partial charge in [0.25, 0.3) is 0 Å². The van der Waals surface area contributed by atoms with Crippen molar-refractivity contribution in [1.29, 1.82) is 0 Å². The normalized spacial score (nSPS) is 20.5. The fraction of sp³-hybridized carbons (Fsp3) is 0.423. The van der Waals surface area contributed by atoms with E-state index in [0.717, 1.165) is 42.3 Å². The van der Waals surface area contributed by atoms with Crippen LogP contribution < -0.4 is 19.5 Å². The number of nitrogens with zero attached hydrogens (tertiary/aromatic N) is 2. The highest BCUT2D eigenvalue weighted by atomic mass is 16.6. The lowest BCUT2D eigenvalue weighted by molar-refractivity contribution is -0.121. The fourth-order valence-corrected chi connectivity index (χ4v) is 4.86. The summed E-state index contributed by atoms with van der Waals surface area (Å²) < 4.78 is 16.4. The van der Waals surface area contributed by atoms with E-state index in [0.29, 0.717) is 42.7 Å². The van der Waals surface area contributed by atoms with Crippen LogP contribution in [0.2, 0.25) is 0 Å². The number of anilines is 1. The van der Waals surface area contributed by atoms with Crippen molar-refractivity contribution in [1.82, 2.24) is 9.97 Å². The molecule has 3 heterocycles. The fourth-order valence-electron chi connectivity index (χ4n) is 4.86. The second-order valence-corrected chi connectivity index (χ2v) is 8.92. The SMILES string of the molecule is COc1ccc2nccc(C[C@H](O)[C@H]3CC[C@H](C(=O)Nc4ccc5c(c4)OCCO5)CC3)c2n1. The lowest BCUT2D eigenvalue weighted by Gasteiger charge is -2.31. The maximum atomic E-state index is 12.8. The summed E-state index contributed by atoms with van der Waals surface area (Å²) in [4.78, 5) is 21.7. The van der Waals surface area contributed by atoms with E-state index in [1.54, 1.807) is 19.4 Å². The van der Waals surface area contributed by atoms with Crippen LogP contribution in [0.5, 0.6) is 17.4 Å². The number of methoxy groups -OCH3 is 1. The van der Waals surface area contributed by atoms with Crippen LogP contribution in [0, 0.1) is 11.8 Å². The van der Waals surface area contributed by atoms with Crippen LogP contribution in [0.3, 0.4) is 0 Å². The van der Waals surface area contributed by atoms with Crippen LogP contribution in [0.1, 0.15) is 31.2 Å². The molecule has 34 heavy (non-hydrogen) atoms. The van der Waals surface area contributed by atoms with Gasteiger partial charge in [0.05, 0.1) is 24.2 Å². The molecule has 3 aromatic rings. The lowest BCUT2D eigenvalue weighted by atomic mass is 9.77. The van der Waals surface area contributed by atoms with Gasteiger partial charge in [-0.1, -0.05) is 0 Å². The summed E-state index contributed by atoms with van der Waals surface area (Å²) in [6.45, 7) is 1.05. The van der Waals surface area contributed by atoms with Crippen molar-refractivity contribution in [2.75, 3.05) is 25.6 Å². The predicted molar refractivity (Wildman–Crippen MR) is 127 cm³/mol. The second-order valence-electron chi connectivity index (χ2n) is 8.92. The molecule has 178 valence electrons. The van der Waals surface area contributed by atoms with Crippen LogP contribution in [-0.2, 0) is 11.2 Å². The highest BCUT2D eigenvalue weighted by molar-refractivity contribution is 5.93. The molecule has 0 saturated heterocycles. The Kier molecular flexibility index (Phi) is 6.49. The smallest absolute Gasteiger partial charge is 0.227 e. The van der Waals surface area contributed by atoms with E-state index in [2.05, 4.69) is 15.3 Å². The summed E-state index contributed by atoms with van der Waals surface area (Å²) in [5.74, 6) is 1.99. The van der Waals surface area contributed by atoms with E-state index in [1.807, 2.05) is 30.3 Å². The molecule has 1 saturated carbocycles. The highest BCUT2D eigenvalue weighted by Crippen LogP contribution is 2.35. The number of fused-ring (bicyclic) bond motifs is 2. The third-order valence-electron chi connectivity index (χ3n) is 6.78. The van der Waals surface area contributed by atoms with Crippen molar-refractivity contribution < 1.29 is 24.1 Å². The standard InChI is InChI=1S/C26H29N3O5/c1-32-24-9-7-20-25(29-24)18(10-11-27-20)14-21(30)16-2-4-17(5-3-16)26(31)28-19-6-8-22-23(15-19)34-13-12-33-22/h6-11,15-17,21,30H,2-5,12-14H2,1H3,(H,28,31)/t16-,17-,21-/m0/s1. The monoisotopic (exact) mass is 463 g/mol. The molecule has 0 bridgehead atoms. The first kappa shape index (κ1) is 22.4. The van der Waals surface area contributed by atoms with E-state index in [9.17, 15) is 9.90 Å². The van der Waals surface area contributed by atoms with Crippen molar-refractivity contribution in [3.8, 4) is 17.4 Å². The van der Waals surface area contributed by atoms with Crippen LogP contribution in [0.25, 0.3) is 11.0 Å². The van der Waals surface area contributed by atoms with Gasteiger partial charge >= 0.3 is 0 Å². The van der Waals surface area contributed by atoms with Gasteiger partial charge in [-0.05, 0) is 61.4 Å². The van der Waals surface area contributed by atoms with Crippen LogP contribution in [0.4, 0.5) is 5.69 Å². The number of carbonyl (C=O) groups is 1. The largest absolute Gasteiger partial charge is 0.486 e. The Bertz CT molecular complexity index is 1180. The van der Waals surface area contributed by atoms with Gasteiger partial charge in [0.15, 0.2) is 11.5 Å². The molecule has 5 rings (SSSR count). The number of hydrogen-bond acceptors (Lipinski definition) is 7. The van der Waals surface area contributed by atoms with E-state index in [1.165, 1.54) is 0 Å². The van der Waals surface area contributed by atoms with Crippen molar-refractivity contribution in [3.05, 3.63) is 48.2 Å². The molecule has 1 aliphatic carbocycles. The average Bonchev–Trinajstić information content (AvgIpc) is 2.88. The van der Waals surface area contributed by atoms with Gasteiger partial charge in [-0.15, -0.1) is 0 Å². The molecule has 8 nitrogen and oxygen atoms in total. The lowest BCUT2D eigenvalue weighted by Crippen LogP contribution is -2.32. The molecule has 1 aromatic carbocycles. The number of benzene rings is 1. The number of ether oxygens (including phenoxy) is 3. The van der Waals surface area contributed by atoms with Gasteiger partial charge in [-0.2, -0.15) is 0 Å². The van der Waals surface area contributed by atoms with Crippen molar-refractivity contribution >= 4 is 22.6 Å². The number of nitrogens with one attached hydrogen (secondary N) is 1. The van der Waals surface area contributed by atoms with E-state index in [4.69, 9.17) is 14.2 Å². The number of amides is 1. The maximum absolute atomic E-state index is 12.8. The van der Waals surface area contributed by atoms with Crippen molar-refractivity contribution in [2.24, 2.45) is 11.8 Å². The third-order valence-corrected chi connectivity index (χ3v) is 6.78. The second kappa shape index (κ2) is 9.85. The number of aliphatic hydroxyl groups is 1. The molecular weight excluding hydrogens is 434 g/mol. The number of aromatic nitrogens is 2. The zero-order valence-electron chi connectivity index (χ0n) is 19.2. The zero-order valence-corrected chi connectivity index (χ0v) is 19.2. The van der Waals surface area contributed by atoms with E-state index in [-0.39, 0.29) is 17.7 Å². The summed E-state index contributed by atoms with van der Waals surface area (Å²) in [6.07, 6.45) is 4.86. The minimum atomic E-state index is -0.500. The maximum Gasteiger partial charge on any atom is 0.227 e. The van der Waals surface area contributed by atoms with E-state index < -0.39 is 6.10 Å². The van der Waals surface area contributed by atoms with Gasteiger partial charge < -0.3 is 24.6 Å². The minimum Gasteiger partial charge on any atom is -0.486 e. The first-order valence-electron chi connectivity index (χ1n) is 11.8. The van der Waals surface area contributed by atoms with Gasteiger partial charge in [0, 0.05) is 36.4 Å². The molecule has 2 aromatic heterocycles. The Morgan fingerprint density at radius 2 is 1.91 bits per heavy atom. The quantitative estimate of drug-likeness (QED) is 0.574. The summed E-state index contributed by atoms with van der Waals surface area (Å²) in [5, 5.41) is 14.0. The Morgan fingerprint density at radius 1 is 1.12 bits per heavy atom. The number of rotatable bonds is 6. The summed E-state index contributed by atoms with van der Waals surface area (Å²) >= 11 is 0. The van der Waals surface area contributed by atoms with Crippen molar-refractivity contribution in [2.45, 2.75) is 38.2 Å². The first-order chi connectivity index (χ1) is 16.6. The van der Waals surface area contributed by atoms with Crippen molar-refractivity contribution in [3.63, 3.8) is 0 Å². The van der Waals surface area contributed by atoms with Gasteiger partial charge in [0.2, 0.25) is 11.8 Å². The molecular formula is C26H29N3O5. The molecule has 1 aliphatic heterocycles. The number of pyridine rings is 2. The van der Waals surface area contributed by atoms with Gasteiger partial charge in [-0.3, -0.25) is 9.78 Å². The first-order valence-corrected chi connectivity index (χ1v) is 11.8. The Hall–Kier alpha value is -3.39. The minimum absolute atomic E-state index is 0.0149. The summed E-state index contributed by atoms with van der Waals surface area (Å²) in [7, 11) is 1.58.